The molecule has 0 saturated carbocycles. The first-order valence-electron chi connectivity index (χ1n) is 6.51. The average molecular weight is 320 g/mol. The molecule has 0 bridgehead atoms. The van der Waals surface area contributed by atoms with Crippen LogP contribution in [0.2, 0.25) is 0 Å². The minimum Gasteiger partial charge on any atom is -0.323 e. The topological polar surface area (TPSA) is 37.8 Å². The van der Waals surface area contributed by atoms with Gasteiger partial charge >= 0.3 is 0 Å². The lowest BCUT2D eigenvalue weighted by atomic mass is 10.1. The highest BCUT2D eigenvalue weighted by atomic mass is 32.1. The summed E-state index contributed by atoms with van der Waals surface area (Å²) in [6.07, 6.45) is 0.638. The number of benzene rings is 1. The number of nitrogens with one attached hydrogen (secondary N) is 1. The Morgan fingerprint density at radius 1 is 1.38 bits per heavy atom. The van der Waals surface area contributed by atoms with Crippen molar-refractivity contribution in [2.75, 3.05) is 0 Å². The van der Waals surface area contributed by atoms with Gasteiger partial charge < -0.3 is 4.98 Å². The Bertz CT molecular complexity index is 923. The fraction of sp³-hybridized carbons (Fsp3) is 0.200. The molecular formula is C15H13FN2OS2. The van der Waals surface area contributed by atoms with Crippen LogP contribution in [0.1, 0.15) is 11.1 Å². The molecule has 1 aromatic carbocycles. The highest BCUT2D eigenvalue weighted by Gasteiger charge is 2.07. The van der Waals surface area contributed by atoms with Gasteiger partial charge in [-0.3, -0.25) is 9.36 Å². The predicted molar refractivity (Wildman–Crippen MR) is 86.1 cm³/mol. The van der Waals surface area contributed by atoms with Crippen LogP contribution in [0, 0.1) is 17.5 Å². The molecule has 0 saturated heterocycles. The summed E-state index contributed by atoms with van der Waals surface area (Å²) >= 11 is 6.72. The molecule has 0 fully saturated rings. The van der Waals surface area contributed by atoms with Crippen molar-refractivity contribution < 1.29 is 4.39 Å². The quantitative estimate of drug-likeness (QED) is 0.745. The second kappa shape index (κ2) is 5.54. The number of nitrogens with zero attached hydrogens (tertiary/aromatic N) is 1. The van der Waals surface area contributed by atoms with Crippen LogP contribution in [-0.4, -0.2) is 9.55 Å². The number of thiophene rings is 1. The molecule has 21 heavy (non-hydrogen) atoms. The van der Waals surface area contributed by atoms with Crippen molar-refractivity contribution in [2.45, 2.75) is 19.9 Å². The van der Waals surface area contributed by atoms with Gasteiger partial charge in [-0.1, -0.05) is 6.07 Å². The van der Waals surface area contributed by atoms with E-state index in [-0.39, 0.29) is 11.4 Å². The van der Waals surface area contributed by atoms with Crippen molar-refractivity contribution in [3.63, 3.8) is 0 Å². The van der Waals surface area contributed by atoms with E-state index in [2.05, 4.69) is 4.98 Å². The lowest BCUT2D eigenvalue weighted by Gasteiger charge is -2.09. The molecular weight excluding hydrogens is 307 g/mol. The molecule has 3 rings (SSSR count). The number of aromatic amines is 1. The van der Waals surface area contributed by atoms with Crippen molar-refractivity contribution in [3.8, 4) is 0 Å². The summed E-state index contributed by atoms with van der Waals surface area (Å²) in [5.41, 5.74) is 1.83. The number of H-pyrrole nitrogens is 1. The molecule has 6 heteroatoms. The molecule has 0 unspecified atom stereocenters. The number of hydrogen-bond acceptors (Lipinski definition) is 3. The van der Waals surface area contributed by atoms with Crippen molar-refractivity contribution in [2.24, 2.45) is 0 Å². The van der Waals surface area contributed by atoms with Crippen LogP contribution < -0.4 is 5.56 Å². The van der Waals surface area contributed by atoms with E-state index >= 15 is 0 Å². The van der Waals surface area contributed by atoms with Crippen LogP contribution in [0.3, 0.4) is 0 Å². The van der Waals surface area contributed by atoms with E-state index in [0.29, 0.717) is 23.1 Å². The summed E-state index contributed by atoms with van der Waals surface area (Å²) in [5, 5.41) is 2.52. The SMILES string of the molecule is Cc1cc(F)ccc1CCn1c(=S)[nH]c2sccc2c1=O. The number of hydrogen-bond donors (Lipinski definition) is 1. The van der Waals surface area contributed by atoms with Gasteiger partial charge in [0.15, 0.2) is 4.77 Å². The van der Waals surface area contributed by atoms with Crippen molar-refractivity contribution in [1.29, 1.82) is 0 Å². The summed E-state index contributed by atoms with van der Waals surface area (Å²) in [7, 11) is 0. The van der Waals surface area contributed by atoms with E-state index in [0.717, 1.165) is 16.0 Å². The first kappa shape index (κ1) is 14.2. The summed E-state index contributed by atoms with van der Waals surface area (Å²) in [6.45, 7) is 2.34. The van der Waals surface area contributed by atoms with Gasteiger partial charge in [-0.15, -0.1) is 11.3 Å². The maximum atomic E-state index is 13.1. The zero-order chi connectivity index (χ0) is 15.0. The Balaban J connectivity index is 1.95. The molecule has 0 amide bonds. The second-order valence-electron chi connectivity index (χ2n) is 4.87. The maximum Gasteiger partial charge on any atom is 0.263 e. The number of aromatic nitrogens is 2. The number of fused-ring (bicyclic) bond motifs is 1. The van der Waals surface area contributed by atoms with Crippen LogP contribution >= 0.6 is 23.6 Å². The Morgan fingerprint density at radius 2 is 2.19 bits per heavy atom. The summed E-state index contributed by atoms with van der Waals surface area (Å²) in [5.74, 6) is -0.245. The third kappa shape index (κ3) is 2.69. The molecule has 3 aromatic rings. The van der Waals surface area contributed by atoms with Gasteiger partial charge in [-0.2, -0.15) is 0 Å². The summed E-state index contributed by atoms with van der Waals surface area (Å²) in [6, 6.07) is 6.49. The average Bonchev–Trinajstić information content (AvgIpc) is 2.89. The van der Waals surface area contributed by atoms with Gasteiger partial charge in [0.2, 0.25) is 0 Å². The van der Waals surface area contributed by atoms with Crippen LogP contribution in [-0.2, 0) is 13.0 Å². The van der Waals surface area contributed by atoms with E-state index in [1.165, 1.54) is 23.5 Å². The monoisotopic (exact) mass is 320 g/mol. The third-order valence-corrected chi connectivity index (χ3v) is 4.67. The van der Waals surface area contributed by atoms with Gasteiger partial charge in [0.05, 0.1) is 5.39 Å². The van der Waals surface area contributed by atoms with Crippen LogP contribution in [0.15, 0.2) is 34.4 Å². The number of aryl methyl sites for hydroxylation is 2. The first-order valence-corrected chi connectivity index (χ1v) is 7.80. The van der Waals surface area contributed by atoms with Crippen LogP contribution in [0.4, 0.5) is 4.39 Å². The van der Waals surface area contributed by atoms with Crippen molar-refractivity contribution in [3.05, 3.63) is 61.7 Å². The van der Waals surface area contributed by atoms with E-state index in [1.54, 1.807) is 16.7 Å². The maximum absolute atomic E-state index is 13.1. The Kier molecular flexibility index (Phi) is 3.73. The Hall–Kier alpha value is -1.79. The summed E-state index contributed by atoms with van der Waals surface area (Å²) in [4.78, 5) is 16.3. The van der Waals surface area contributed by atoms with E-state index in [4.69, 9.17) is 12.2 Å². The molecule has 0 spiro atoms. The van der Waals surface area contributed by atoms with Crippen molar-refractivity contribution >= 4 is 33.8 Å². The molecule has 1 N–H and O–H groups in total. The lowest BCUT2D eigenvalue weighted by Crippen LogP contribution is -2.22. The standard InChI is InChI=1S/C15H13FN2OS2/c1-9-8-11(16)3-2-10(9)4-6-18-14(19)12-5-7-21-13(12)17-15(18)20/h2-3,5,7-8H,4,6H2,1H3,(H,17,20). The zero-order valence-corrected chi connectivity index (χ0v) is 13.0. The lowest BCUT2D eigenvalue weighted by molar-refractivity contribution is 0.621. The van der Waals surface area contributed by atoms with Gasteiger partial charge in [-0.05, 0) is 60.3 Å². The largest absolute Gasteiger partial charge is 0.323 e. The zero-order valence-electron chi connectivity index (χ0n) is 11.4. The van der Waals surface area contributed by atoms with E-state index in [9.17, 15) is 9.18 Å². The third-order valence-electron chi connectivity index (χ3n) is 3.52. The molecule has 0 aliphatic heterocycles. The molecule has 2 aromatic heterocycles. The van der Waals surface area contributed by atoms with Crippen molar-refractivity contribution in [1.82, 2.24) is 9.55 Å². The first-order chi connectivity index (χ1) is 10.1. The minimum atomic E-state index is -0.245. The molecule has 108 valence electrons. The molecule has 0 atom stereocenters. The van der Waals surface area contributed by atoms with Gasteiger partial charge in [0.25, 0.3) is 5.56 Å². The highest BCUT2D eigenvalue weighted by molar-refractivity contribution is 7.71. The number of halogens is 1. The Morgan fingerprint density at radius 3 is 2.95 bits per heavy atom. The molecule has 0 radical (unpaired) electrons. The molecule has 0 aliphatic rings. The number of rotatable bonds is 3. The smallest absolute Gasteiger partial charge is 0.263 e. The van der Waals surface area contributed by atoms with Gasteiger partial charge in [0, 0.05) is 6.54 Å². The highest BCUT2D eigenvalue weighted by Crippen LogP contribution is 2.15. The molecule has 3 nitrogen and oxygen atoms in total. The fourth-order valence-electron chi connectivity index (χ4n) is 2.35. The predicted octanol–water partition coefficient (Wildman–Crippen LogP) is 3.81. The summed E-state index contributed by atoms with van der Waals surface area (Å²) < 4.78 is 15.1. The van der Waals surface area contributed by atoms with Crippen LogP contribution in [0.25, 0.3) is 10.2 Å². The van der Waals surface area contributed by atoms with E-state index in [1.807, 2.05) is 12.3 Å². The van der Waals surface area contributed by atoms with E-state index < -0.39 is 0 Å². The minimum absolute atomic E-state index is 0.0743. The molecule has 0 aliphatic carbocycles. The van der Waals surface area contributed by atoms with Gasteiger partial charge in [0.1, 0.15) is 10.6 Å². The van der Waals surface area contributed by atoms with Gasteiger partial charge in [-0.25, -0.2) is 4.39 Å². The normalized spacial score (nSPS) is 11.1. The van der Waals surface area contributed by atoms with Crippen LogP contribution in [0.5, 0.6) is 0 Å². The second-order valence-corrected chi connectivity index (χ2v) is 6.17. The Labute approximate surface area is 129 Å². The fourth-order valence-corrected chi connectivity index (χ4v) is 3.47. The molecule has 2 heterocycles.